The molecule has 0 saturated carbocycles. The summed E-state index contributed by atoms with van der Waals surface area (Å²) < 4.78 is 2.34. The third-order valence-corrected chi connectivity index (χ3v) is 3.74. The molecule has 0 radical (unpaired) electrons. The molecule has 0 bridgehead atoms. The zero-order chi connectivity index (χ0) is 15.7. The molecule has 3 aromatic rings. The number of hydrogen-bond acceptors (Lipinski definition) is 3. The topological polar surface area (TPSA) is 78.5 Å². The molecule has 3 N–H and O–H groups in total. The Bertz CT molecular complexity index is 889. The fourth-order valence-corrected chi connectivity index (χ4v) is 2.70. The van der Waals surface area contributed by atoms with Crippen molar-refractivity contribution in [1.82, 2.24) is 19.7 Å². The van der Waals surface area contributed by atoms with Gasteiger partial charge in [-0.1, -0.05) is 0 Å². The van der Waals surface area contributed by atoms with Gasteiger partial charge >= 0.3 is 0 Å². The molecule has 0 spiro atoms. The van der Waals surface area contributed by atoms with Gasteiger partial charge in [-0.05, 0) is 49.3 Å². The molecule has 0 fully saturated rings. The number of amides is 1. The molecule has 0 atom stereocenters. The van der Waals surface area contributed by atoms with E-state index in [9.17, 15) is 4.79 Å². The first-order valence-electron chi connectivity index (χ1n) is 7.02. The summed E-state index contributed by atoms with van der Waals surface area (Å²) in [6, 6.07) is 5.62. The van der Waals surface area contributed by atoms with Crippen LogP contribution in [0.5, 0.6) is 0 Å². The van der Waals surface area contributed by atoms with Crippen LogP contribution in [0.4, 0.5) is 5.69 Å². The highest BCUT2D eigenvalue weighted by molar-refractivity contribution is 7.71. The number of nitrogens with one attached hydrogen (secondary N) is 3. The van der Waals surface area contributed by atoms with E-state index in [1.807, 2.05) is 38.4 Å². The van der Waals surface area contributed by atoms with Crippen LogP contribution >= 0.6 is 12.2 Å². The molecule has 22 heavy (non-hydrogen) atoms. The van der Waals surface area contributed by atoms with Crippen molar-refractivity contribution in [2.75, 3.05) is 5.32 Å². The van der Waals surface area contributed by atoms with Crippen molar-refractivity contribution in [3.8, 4) is 0 Å². The van der Waals surface area contributed by atoms with Crippen LogP contribution in [0.3, 0.4) is 0 Å². The van der Waals surface area contributed by atoms with Gasteiger partial charge in [-0.2, -0.15) is 5.10 Å². The number of nitrogens with zero attached hydrogens (tertiary/aromatic N) is 2. The Morgan fingerprint density at radius 3 is 2.86 bits per heavy atom. The highest BCUT2D eigenvalue weighted by atomic mass is 32.1. The van der Waals surface area contributed by atoms with E-state index in [4.69, 9.17) is 12.2 Å². The van der Waals surface area contributed by atoms with E-state index in [-0.39, 0.29) is 5.91 Å². The molecule has 114 valence electrons. The van der Waals surface area contributed by atoms with E-state index < -0.39 is 0 Å². The fraction of sp³-hybridized carbons (Fsp3) is 0.267. The predicted octanol–water partition coefficient (Wildman–Crippen LogP) is 2.84. The molecule has 0 aliphatic carbocycles. The Balaban J connectivity index is 1.65. The van der Waals surface area contributed by atoms with Crippen LogP contribution in [0.1, 0.15) is 17.7 Å². The second kappa shape index (κ2) is 5.76. The van der Waals surface area contributed by atoms with E-state index in [1.54, 1.807) is 4.68 Å². The summed E-state index contributed by atoms with van der Waals surface area (Å²) in [7, 11) is 1.88. The summed E-state index contributed by atoms with van der Waals surface area (Å²) in [5.41, 5.74) is 4.63. The van der Waals surface area contributed by atoms with Gasteiger partial charge in [0.2, 0.25) is 5.91 Å². The molecule has 2 heterocycles. The number of carbonyl (C=O) groups is 1. The summed E-state index contributed by atoms with van der Waals surface area (Å²) in [6.07, 6.45) is 3.06. The second-order valence-electron chi connectivity index (χ2n) is 5.30. The fourth-order valence-electron chi connectivity index (χ4n) is 2.48. The molecular weight excluding hydrogens is 298 g/mol. The van der Waals surface area contributed by atoms with Gasteiger partial charge in [0, 0.05) is 25.4 Å². The summed E-state index contributed by atoms with van der Waals surface area (Å²) in [5.74, 6) is -0.0169. The van der Waals surface area contributed by atoms with Gasteiger partial charge in [0.05, 0.1) is 16.7 Å². The van der Waals surface area contributed by atoms with Crippen LogP contribution < -0.4 is 5.32 Å². The number of fused-ring (bicyclic) bond motifs is 1. The molecule has 7 heteroatoms. The summed E-state index contributed by atoms with van der Waals surface area (Å²) >= 11 is 5.05. The van der Waals surface area contributed by atoms with Crippen molar-refractivity contribution in [2.45, 2.75) is 19.8 Å². The maximum atomic E-state index is 12.1. The molecule has 0 unspecified atom stereocenters. The van der Waals surface area contributed by atoms with Crippen LogP contribution in [0.2, 0.25) is 0 Å². The van der Waals surface area contributed by atoms with E-state index in [0.717, 1.165) is 28.0 Å². The van der Waals surface area contributed by atoms with Crippen molar-refractivity contribution >= 4 is 34.8 Å². The van der Waals surface area contributed by atoms with Gasteiger partial charge in [0.25, 0.3) is 0 Å². The van der Waals surface area contributed by atoms with Gasteiger partial charge in [0.1, 0.15) is 0 Å². The highest BCUT2D eigenvalue weighted by Crippen LogP contribution is 2.17. The molecule has 3 rings (SSSR count). The number of anilines is 1. The smallest absolute Gasteiger partial charge is 0.224 e. The number of aromatic amines is 2. The summed E-state index contributed by atoms with van der Waals surface area (Å²) in [6.45, 7) is 1.95. The number of H-pyrrole nitrogens is 2. The van der Waals surface area contributed by atoms with Gasteiger partial charge in [-0.15, -0.1) is 0 Å². The number of hydrogen-bond donors (Lipinski definition) is 3. The Kier molecular flexibility index (Phi) is 3.81. The minimum absolute atomic E-state index is 0.0169. The monoisotopic (exact) mass is 315 g/mol. The average Bonchev–Trinajstić information content (AvgIpc) is 2.97. The van der Waals surface area contributed by atoms with Crippen molar-refractivity contribution < 1.29 is 4.79 Å². The number of rotatable bonds is 4. The lowest BCUT2D eigenvalue weighted by Gasteiger charge is -2.05. The zero-order valence-corrected chi connectivity index (χ0v) is 13.3. The summed E-state index contributed by atoms with van der Waals surface area (Å²) in [4.78, 5) is 18.1. The molecular formula is C15H17N5OS. The van der Waals surface area contributed by atoms with Gasteiger partial charge < -0.3 is 15.3 Å². The number of aryl methyl sites for hydroxylation is 3. The molecule has 6 nitrogen and oxygen atoms in total. The molecule has 1 aromatic carbocycles. The zero-order valence-electron chi connectivity index (χ0n) is 12.4. The van der Waals surface area contributed by atoms with Gasteiger partial charge in [-0.25, -0.2) is 0 Å². The first-order chi connectivity index (χ1) is 10.5. The van der Waals surface area contributed by atoms with E-state index >= 15 is 0 Å². The molecule has 0 aliphatic rings. The Labute approximate surface area is 132 Å². The molecule has 0 aliphatic heterocycles. The lowest BCUT2D eigenvalue weighted by Crippen LogP contribution is -2.12. The minimum atomic E-state index is -0.0169. The van der Waals surface area contributed by atoms with Crippen molar-refractivity contribution in [3.05, 3.63) is 40.4 Å². The van der Waals surface area contributed by atoms with Crippen LogP contribution in [-0.4, -0.2) is 25.7 Å². The molecule has 1 amide bonds. The number of benzene rings is 1. The van der Waals surface area contributed by atoms with Crippen molar-refractivity contribution in [1.29, 1.82) is 0 Å². The van der Waals surface area contributed by atoms with Crippen molar-refractivity contribution in [2.24, 2.45) is 7.05 Å². The average molecular weight is 315 g/mol. The predicted molar refractivity (Wildman–Crippen MR) is 88.4 cm³/mol. The van der Waals surface area contributed by atoms with Crippen LogP contribution in [0.25, 0.3) is 11.0 Å². The Morgan fingerprint density at radius 1 is 1.36 bits per heavy atom. The normalized spacial score (nSPS) is 11.0. The second-order valence-corrected chi connectivity index (χ2v) is 5.71. The Morgan fingerprint density at radius 2 is 2.14 bits per heavy atom. The van der Waals surface area contributed by atoms with Crippen LogP contribution in [0, 0.1) is 11.7 Å². The minimum Gasteiger partial charge on any atom is -0.331 e. The van der Waals surface area contributed by atoms with E-state index in [1.165, 1.54) is 0 Å². The van der Waals surface area contributed by atoms with E-state index in [2.05, 4.69) is 20.4 Å². The van der Waals surface area contributed by atoms with Gasteiger partial charge in [-0.3, -0.25) is 9.48 Å². The maximum Gasteiger partial charge on any atom is 0.224 e. The van der Waals surface area contributed by atoms with Crippen LogP contribution in [0.15, 0.2) is 24.4 Å². The van der Waals surface area contributed by atoms with Crippen LogP contribution in [-0.2, 0) is 18.3 Å². The third kappa shape index (κ3) is 3.09. The van der Waals surface area contributed by atoms with Gasteiger partial charge in [0.15, 0.2) is 4.77 Å². The van der Waals surface area contributed by atoms with E-state index in [0.29, 0.717) is 17.6 Å². The number of imidazole rings is 1. The first-order valence-corrected chi connectivity index (χ1v) is 7.43. The quantitative estimate of drug-likeness (QED) is 0.648. The molecule has 2 aromatic heterocycles. The summed E-state index contributed by atoms with van der Waals surface area (Å²) in [5, 5.41) is 7.18. The third-order valence-electron chi connectivity index (χ3n) is 3.54. The Hall–Kier alpha value is -2.41. The standard InChI is InChI=1S/C15H17N5OS/c1-9-10(8-20(2)19-9)3-6-14(21)16-11-4-5-12-13(7-11)18-15(22)17-12/h4-5,7-8H,3,6H2,1-2H3,(H,16,21)(H2,17,18,22). The number of carbonyl (C=O) groups excluding carboxylic acids is 1. The number of aromatic nitrogens is 4. The van der Waals surface area contributed by atoms with Crippen molar-refractivity contribution in [3.63, 3.8) is 0 Å². The lowest BCUT2D eigenvalue weighted by molar-refractivity contribution is -0.116. The SMILES string of the molecule is Cc1nn(C)cc1CCC(=O)Nc1ccc2[nH]c(=S)[nH]c2c1. The highest BCUT2D eigenvalue weighted by Gasteiger charge is 2.08. The lowest BCUT2D eigenvalue weighted by atomic mass is 10.1. The molecule has 0 saturated heterocycles. The maximum absolute atomic E-state index is 12.1. The first kappa shape index (κ1) is 14.5. The largest absolute Gasteiger partial charge is 0.331 e.